The van der Waals surface area contributed by atoms with Crippen molar-refractivity contribution < 1.29 is 5.11 Å². The Morgan fingerprint density at radius 1 is 1.04 bits per heavy atom. The minimum Gasteiger partial charge on any atom is -0.388 e. The van der Waals surface area contributed by atoms with E-state index in [1.807, 2.05) is 30.3 Å². The maximum atomic E-state index is 10.7. The van der Waals surface area contributed by atoms with E-state index in [2.05, 4.69) is 42.2 Å². The van der Waals surface area contributed by atoms with Crippen LogP contribution < -0.4 is 0 Å². The summed E-state index contributed by atoms with van der Waals surface area (Å²) >= 11 is 0. The molecule has 1 saturated heterocycles. The number of benzene rings is 2. The fourth-order valence-corrected chi connectivity index (χ4v) is 4.31. The van der Waals surface area contributed by atoms with Crippen molar-refractivity contribution in [2.75, 3.05) is 6.54 Å². The van der Waals surface area contributed by atoms with Gasteiger partial charge in [0.1, 0.15) is 0 Å². The second-order valence-corrected chi connectivity index (χ2v) is 7.38. The van der Waals surface area contributed by atoms with Crippen LogP contribution in [0.4, 0.5) is 0 Å². The first kappa shape index (κ1) is 18.2. The number of rotatable bonds is 7. The van der Waals surface area contributed by atoms with Gasteiger partial charge in [-0.3, -0.25) is 4.90 Å². The van der Waals surface area contributed by atoms with Crippen molar-refractivity contribution in [3.05, 3.63) is 71.8 Å². The van der Waals surface area contributed by atoms with Crippen molar-refractivity contribution >= 4 is 0 Å². The average molecular weight is 338 g/mol. The zero-order valence-corrected chi connectivity index (χ0v) is 15.3. The molecule has 1 N–H and O–H groups in total. The molecule has 0 amide bonds. The van der Waals surface area contributed by atoms with E-state index in [0.717, 1.165) is 18.5 Å². The lowest BCUT2D eigenvalue weighted by molar-refractivity contribution is 0.0419. The molecular weight excluding hydrogens is 306 g/mol. The van der Waals surface area contributed by atoms with Crippen molar-refractivity contribution in [1.29, 1.82) is 0 Å². The van der Waals surface area contributed by atoms with Crippen LogP contribution in [0.2, 0.25) is 0 Å². The Morgan fingerprint density at radius 2 is 1.72 bits per heavy atom. The summed E-state index contributed by atoms with van der Waals surface area (Å²) in [4.78, 5) is 2.66. The SMILES string of the molecule is CCC[C@H]1[C@H](CC(O)c2ccccc2)CCCN1Cc1ccccc1. The van der Waals surface area contributed by atoms with Crippen molar-refractivity contribution in [1.82, 2.24) is 4.90 Å². The molecule has 2 heteroatoms. The molecule has 1 aliphatic rings. The van der Waals surface area contributed by atoms with E-state index < -0.39 is 0 Å². The minimum absolute atomic E-state index is 0.345. The summed E-state index contributed by atoms with van der Waals surface area (Å²) in [6, 6.07) is 21.5. The Morgan fingerprint density at radius 3 is 2.40 bits per heavy atom. The highest BCUT2D eigenvalue weighted by molar-refractivity contribution is 5.18. The zero-order valence-electron chi connectivity index (χ0n) is 15.3. The molecule has 1 aliphatic heterocycles. The summed E-state index contributed by atoms with van der Waals surface area (Å²) in [5, 5.41) is 10.7. The summed E-state index contributed by atoms with van der Waals surface area (Å²) in [6.07, 6.45) is 5.42. The van der Waals surface area contributed by atoms with Crippen LogP contribution >= 0.6 is 0 Å². The van der Waals surface area contributed by atoms with Gasteiger partial charge in [0.2, 0.25) is 0 Å². The van der Waals surface area contributed by atoms with Crippen molar-refractivity contribution in [3.63, 3.8) is 0 Å². The third kappa shape index (κ3) is 4.93. The molecule has 0 saturated carbocycles. The second-order valence-electron chi connectivity index (χ2n) is 7.38. The van der Waals surface area contributed by atoms with E-state index in [4.69, 9.17) is 0 Å². The number of hydrogen-bond acceptors (Lipinski definition) is 2. The predicted octanol–water partition coefficient (Wildman–Crippen LogP) is 5.19. The summed E-state index contributed by atoms with van der Waals surface area (Å²) in [5.41, 5.74) is 2.45. The molecule has 1 heterocycles. The van der Waals surface area contributed by atoms with Crippen LogP contribution in [0.5, 0.6) is 0 Å². The van der Waals surface area contributed by atoms with Crippen LogP contribution in [-0.4, -0.2) is 22.6 Å². The molecule has 0 bridgehead atoms. The summed E-state index contributed by atoms with van der Waals surface area (Å²) in [6.45, 7) is 4.49. The fraction of sp³-hybridized carbons (Fsp3) is 0.478. The quantitative estimate of drug-likeness (QED) is 0.751. The maximum Gasteiger partial charge on any atom is 0.0793 e. The lowest BCUT2D eigenvalue weighted by Crippen LogP contribution is -2.45. The van der Waals surface area contributed by atoms with E-state index >= 15 is 0 Å². The first-order valence-corrected chi connectivity index (χ1v) is 9.79. The smallest absolute Gasteiger partial charge is 0.0793 e. The molecule has 25 heavy (non-hydrogen) atoms. The lowest BCUT2D eigenvalue weighted by atomic mass is 9.81. The van der Waals surface area contributed by atoms with Crippen LogP contribution in [0.15, 0.2) is 60.7 Å². The molecule has 2 aromatic carbocycles. The highest BCUT2D eigenvalue weighted by Gasteiger charge is 2.32. The summed E-state index contributed by atoms with van der Waals surface area (Å²) in [5.74, 6) is 0.576. The van der Waals surface area contributed by atoms with Crippen LogP contribution in [0.3, 0.4) is 0 Å². The second kappa shape index (κ2) is 9.17. The number of likely N-dealkylation sites (tertiary alicyclic amines) is 1. The van der Waals surface area contributed by atoms with Crippen LogP contribution in [0.1, 0.15) is 56.3 Å². The van der Waals surface area contributed by atoms with Gasteiger partial charge in [0.25, 0.3) is 0 Å². The van der Waals surface area contributed by atoms with Crippen molar-refractivity contribution in [2.45, 2.75) is 57.7 Å². The zero-order chi connectivity index (χ0) is 17.5. The highest BCUT2D eigenvalue weighted by Crippen LogP contribution is 2.34. The number of piperidine rings is 1. The first-order chi connectivity index (χ1) is 12.3. The van der Waals surface area contributed by atoms with E-state index in [1.54, 1.807) is 0 Å². The third-order valence-corrected chi connectivity index (χ3v) is 5.56. The van der Waals surface area contributed by atoms with Gasteiger partial charge in [0, 0.05) is 12.6 Å². The van der Waals surface area contributed by atoms with Gasteiger partial charge in [-0.15, -0.1) is 0 Å². The number of aliphatic hydroxyl groups excluding tert-OH is 1. The molecule has 0 spiro atoms. The van der Waals surface area contributed by atoms with E-state index in [-0.39, 0.29) is 6.10 Å². The molecule has 0 aliphatic carbocycles. The summed E-state index contributed by atoms with van der Waals surface area (Å²) < 4.78 is 0. The van der Waals surface area contributed by atoms with Gasteiger partial charge in [-0.1, -0.05) is 74.0 Å². The van der Waals surface area contributed by atoms with Gasteiger partial charge in [-0.05, 0) is 49.3 Å². The van der Waals surface area contributed by atoms with Crippen LogP contribution in [0.25, 0.3) is 0 Å². The molecule has 2 aromatic rings. The van der Waals surface area contributed by atoms with Gasteiger partial charge < -0.3 is 5.11 Å². The Labute approximate surface area is 152 Å². The Kier molecular flexibility index (Phi) is 6.66. The Hall–Kier alpha value is -1.64. The third-order valence-electron chi connectivity index (χ3n) is 5.56. The number of hydrogen-bond donors (Lipinski definition) is 1. The predicted molar refractivity (Wildman–Crippen MR) is 104 cm³/mol. The standard InChI is InChI=1S/C23H31NO/c1-2-10-22-21(17-23(25)20-13-7-4-8-14-20)15-9-16-24(22)18-19-11-5-3-6-12-19/h3-8,11-14,21-23,25H,2,9-10,15-18H2,1H3/t21-,22-,23?/m0/s1. The van der Waals surface area contributed by atoms with Gasteiger partial charge in [0.05, 0.1) is 6.10 Å². The molecule has 3 atom stereocenters. The number of aliphatic hydroxyl groups is 1. The van der Waals surface area contributed by atoms with E-state index in [0.29, 0.717) is 12.0 Å². The molecule has 0 radical (unpaired) electrons. The van der Waals surface area contributed by atoms with Gasteiger partial charge in [-0.2, -0.15) is 0 Å². The first-order valence-electron chi connectivity index (χ1n) is 9.79. The topological polar surface area (TPSA) is 23.5 Å². The summed E-state index contributed by atoms with van der Waals surface area (Å²) in [7, 11) is 0. The largest absolute Gasteiger partial charge is 0.388 e. The monoisotopic (exact) mass is 337 g/mol. The van der Waals surface area contributed by atoms with Gasteiger partial charge >= 0.3 is 0 Å². The van der Waals surface area contributed by atoms with Crippen LogP contribution in [0, 0.1) is 5.92 Å². The van der Waals surface area contributed by atoms with Gasteiger partial charge in [0.15, 0.2) is 0 Å². The fourth-order valence-electron chi connectivity index (χ4n) is 4.31. The normalized spacial score (nSPS) is 22.6. The highest BCUT2D eigenvalue weighted by atomic mass is 16.3. The molecule has 2 nitrogen and oxygen atoms in total. The molecule has 1 fully saturated rings. The maximum absolute atomic E-state index is 10.7. The Bertz CT molecular complexity index is 613. The lowest BCUT2D eigenvalue weighted by Gasteiger charge is -2.42. The average Bonchev–Trinajstić information content (AvgIpc) is 2.66. The minimum atomic E-state index is -0.345. The van der Waals surface area contributed by atoms with E-state index in [1.165, 1.54) is 37.8 Å². The van der Waals surface area contributed by atoms with E-state index in [9.17, 15) is 5.11 Å². The van der Waals surface area contributed by atoms with Crippen molar-refractivity contribution in [3.8, 4) is 0 Å². The molecule has 3 rings (SSSR count). The molecule has 1 unspecified atom stereocenters. The van der Waals surface area contributed by atoms with Crippen LogP contribution in [-0.2, 0) is 6.54 Å². The number of nitrogens with zero attached hydrogens (tertiary/aromatic N) is 1. The molecule has 134 valence electrons. The van der Waals surface area contributed by atoms with Gasteiger partial charge in [-0.25, -0.2) is 0 Å². The Balaban J connectivity index is 1.69. The molecular formula is C23H31NO. The van der Waals surface area contributed by atoms with Crippen molar-refractivity contribution in [2.24, 2.45) is 5.92 Å². The molecule has 0 aromatic heterocycles.